The molecule has 0 saturated carbocycles. The summed E-state index contributed by atoms with van der Waals surface area (Å²) in [5.41, 5.74) is 3.99. The molecule has 3 aromatic rings. The van der Waals surface area contributed by atoms with Crippen LogP contribution in [0, 0.1) is 6.92 Å². The number of hydrogen-bond donors (Lipinski definition) is 2. The number of aromatic nitrogens is 2. The van der Waals surface area contributed by atoms with E-state index in [1.54, 1.807) is 37.3 Å². The van der Waals surface area contributed by atoms with Crippen molar-refractivity contribution in [2.45, 2.75) is 6.92 Å². The summed E-state index contributed by atoms with van der Waals surface area (Å²) in [7, 11) is 0. The van der Waals surface area contributed by atoms with Gasteiger partial charge < -0.3 is 4.42 Å². The van der Waals surface area contributed by atoms with E-state index in [2.05, 4.69) is 20.7 Å². The van der Waals surface area contributed by atoms with Crippen LogP contribution in [0.5, 0.6) is 0 Å². The number of benzene rings is 1. The van der Waals surface area contributed by atoms with Crippen LogP contribution in [0.15, 0.2) is 39.9 Å². The molecule has 1 aromatic carbocycles. The van der Waals surface area contributed by atoms with Crippen molar-refractivity contribution in [3.8, 4) is 11.3 Å². The molecule has 0 bridgehead atoms. The first kappa shape index (κ1) is 17.5. The number of aromatic amines is 1. The third-order valence-electron chi connectivity index (χ3n) is 3.20. The molecule has 3 rings (SSSR count). The lowest BCUT2D eigenvalue weighted by Gasteiger charge is -2.03. The van der Waals surface area contributed by atoms with Crippen molar-refractivity contribution in [3.63, 3.8) is 0 Å². The van der Waals surface area contributed by atoms with Crippen molar-refractivity contribution in [2.24, 2.45) is 5.10 Å². The maximum atomic E-state index is 11.8. The minimum atomic E-state index is -0.431. The molecule has 2 aromatic heterocycles. The van der Waals surface area contributed by atoms with Crippen molar-refractivity contribution >= 4 is 46.9 Å². The quantitative estimate of drug-likeness (QED) is 0.380. The Morgan fingerprint density at radius 1 is 1.20 bits per heavy atom. The molecule has 0 aliphatic rings. The molecule has 0 atom stereocenters. The first-order chi connectivity index (χ1) is 11.9. The van der Waals surface area contributed by atoms with Crippen molar-refractivity contribution < 1.29 is 9.21 Å². The van der Waals surface area contributed by atoms with Crippen LogP contribution in [0.2, 0.25) is 15.1 Å². The number of amides is 1. The number of hydrazone groups is 1. The number of hydrogen-bond acceptors (Lipinski definition) is 4. The summed E-state index contributed by atoms with van der Waals surface area (Å²) in [6, 6.07) is 8.17. The first-order valence-electron chi connectivity index (χ1n) is 7.04. The molecule has 6 nitrogen and oxygen atoms in total. The van der Waals surface area contributed by atoms with Crippen LogP contribution < -0.4 is 5.43 Å². The van der Waals surface area contributed by atoms with Crippen molar-refractivity contribution in [2.75, 3.05) is 0 Å². The highest BCUT2D eigenvalue weighted by atomic mass is 35.5. The lowest BCUT2D eigenvalue weighted by atomic mass is 10.2. The Morgan fingerprint density at radius 3 is 2.68 bits per heavy atom. The summed E-state index contributed by atoms with van der Waals surface area (Å²) in [6.45, 7) is 1.80. The van der Waals surface area contributed by atoms with E-state index in [0.717, 1.165) is 5.69 Å². The van der Waals surface area contributed by atoms with Gasteiger partial charge in [0, 0.05) is 11.3 Å². The molecule has 0 aliphatic carbocycles. The van der Waals surface area contributed by atoms with E-state index < -0.39 is 5.91 Å². The SMILES string of the molecule is Cc1cc(C(=O)N/N=C\c2ccc(-c3cc(Cl)c(Cl)cc3Cl)o2)n[nH]1. The molecular formula is C16H11Cl3N4O2. The normalized spacial score (nSPS) is 11.2. The van der Waals surface area contributed by atoms with Gasteiger partial charge in [-0.3, -0.25) is 9.89 Å². The van der Waals surface area contributed by atoms with Gasteiger partial charge in [-0.2, -0.15) is 10.2 Å². The molecule has 0 fully saturated rings. The van der Waals surface area contributed by atoms with E-state index in [-0.39, 0.29) is 5.69 Å². The highest BCUT2D eigenvalue weighted by molar-refractivity contribution is 6.44. The second-order valence-corrected chi connectivity index (χ2v) is 6.31. The van der Waals surface area contributed by atoms with Crippen molar-refractivity contribution in [3.05, 3.63) is 62.5 Å². The topological polar surface area (TPSA) is 83.3 Å². The van der Waals surface area contributed by atoms with Crippen LogP contribution >= 0.6 is 34.8 Å². The Hall–Kier alpha value is -2.28. The van der Waals surface area contributed by atoms with Crippen LogP contribution in [0.4, 0.5) is 0 Å². The number of H-pyrrole nitrogens is 1. The van der Waals surface area contributed by atoms with E-state index >= 15 is 0 Å². The fourth-order valence-electron chi connectivity index (χ4n) is 2.02. The van der Waals surface area contributed by atoms with Gasteiger partial charge in [-0.1, -0.05) is 34.8 Å². The maximum absolute atomic E-state index is 11.8. The molecule has 0 unspecified atom stereocenters. The van der Waals surface area contributed by atoms with Crippen LogP contribution in [0.3, 0.4) is 0 Å². The molecule has 0 aliphatic heterocycles. The zero-order valence-electron chi connectivity index (χ0n) is 12.8. The molecule has 2 heterocycles. The summed E-state index contributed by atoms with van der Waals surface area (Å²) in [5.74, 6) is 0.495. The largest absolute Gasteiger partial charge is 0.455 e. The van der Waals surface area contributed by atoms with E-state index in [4.69, 9.17) is 39.2 Å². The third-order valence-corrected chi connectivity index (χ3v) is 4.23. The lowest BCUT2D eigenvalue weighted by molar-refractivity contribution is 0.0950. The van der Waals surface area contributed by atoms with Gasteiger partial charge in [-0.05, 0) is 37.3 Å². The van der Waals surface area contributed by atoms with Gasteiger partial charge >= 0.3 is 0 Å². The average molecular weight is 398 g/mol. The number of furan rings is 1. The van der Waals surface area contributed by atoms with Gasteiger partial charge in [-0.15, -0.1) is 0 Å². The minimum absolute atomic E-state index is 0.248. The van der Waals surface area contributed by atoms with Gasteiger partial charge in [0.05, 0.1) is 21.3 Å². The third kappa shape index (κ3) is 4.04. The average Bonchev–Trinajstić information content (AvgIpc) is 3.20. The Kier molecular flexibility index (Phi) is 5.13. The van der Waals surface area contributed by atoms with Gasteiger partial charge in [-0.25, -0.2) is 5.43 Å². The fraction of sp³-hybridized carbons (Fsp3) is 0.0625. The first-order valence-corrected chi connectivity index (χ1v) is 8.17. The Labute approximate surface area is 157 Å². The Morgan fingerprint density at radius 2 is 1.96 bits per heavy atom. The predicted octanol–water partition coefficient (Wildman–Crippen LogP) is 4.70. The lowest BCUT2D eigenvalue weighted by Crippen LogP contribution is -2.17. The number of nitrogens with zero attached hydrogens (tertiary/aromatic N) is 2. The zero-order valence-corrected chi connectivity index (χ0v) is 15.1. The Bertz CT molecular complexity index is 962. The number of nitrogens with one attached hydrogen (secondary N) is 2. The molecule has 2 N–H and O–H groups in total. The van der Waals surface area contributed by atoms with Crippen LogP contribution in [-0.2, 0) is 0 Å². The highest BCUT2D eigenvalue weighted by Crippen LogP contribution is 2.35. The second-order valence-electron chi connectivity index (χ2n) is 5.08. The monoisotopic (exact) mass is 396 g/mol. The molecule has 0 spiro atoms. The zero-order chi connectivity index (χ0) is 18.0. The number of carbonyl (C=O) groups is 1. The highest BCUT2D eigenvalue weighted by Gasteiger charge is 2.12. The number of carbonyl (C=O) groups excluding carboxylic acids is 1. The standard InChI is InChI=1S/C16H11Cl3N4O2/c1-8-4-14(22-21-8)16(24)23-20-7-9-2-3-15(25-9)10-5-12(18)13(19)6-11(10)17/h2-7H,1H3,(H,21,22)(H,23,24)/b20-7-. The van der Waals surface area contributed by atoms with Gasteiger partial charge in [0.1, 0.15) is 11.5 Å². The van der Waals surface area contributed by atoms with E-state index in [1.807, 2.05) is 0 Å². The molecule has 0 radical (unpaired) electrons. The predicted molar refractivity (Wildman–Crippen MR) is 97.6 cm³/mol. The van der Waals surface area contributed by atoms with Crippen LogP contribution in [0.25, 0.3) is 11.3 Å². The molecule has 128 valence electrons. The smallest absolute Gasteiger partial charge is 0.291 e. The summed E-state index contributed by atoms with van der Waals surface area (Å²) in [5, 5.41) is 11.5. The number of aryl methyl sites for hydroxylation is 1. The van der Waals surface area contributed by atoms with Crippen LogP contribution in [-0.4, -0.2) is 22.3 Å². The summed E-state index contributed by atoms with van der Waals surface area (Å²) in [6.07, 6.45) is 1.37. The molecule has 9 heteroatoms. The molecule has 25 heavy (non-hydrogen) atoms. The van der Waals surface area contributed by atoms with Gasteiger partial charge in [0.15, 0.2) is 5.69 Å². The van der Waals surface area contributed by atoms with Crippen molar-refractivity contribution in [1.82, 2.24) is 15.6 Å². The van der Waals surface area contributed by atoms with E-state index in [1.165, 1.54) is 6.21 Å². The number of rotatable bonds is 4. The van der Waals surface area contributed by atoms with Crippen molar-refractivity contribution in [1.29, 1.82) is 0 Å². The molecule has 0 saturated heterocycles. The summed E-state index contributed by atoms with van der Waals surface area (Å²) < 4.78 is 5.63. The summed E-state index contributed by atoms with van der Waals surface area (Å²) in [4.78, 5) is 11.8. The van der Waals surface area contributed by atoms with E-state index in [9.17, 15) is 4.79 Å². The minimum Gasteiger partial charge on any atom is -0.455 e. The number of halogens is 3. The molecular weight excluding hydrogens is 387 g/mol. The van der Waals surface area contributed by atoms with Gasteiger partial charge in [0.2, 0.25) is 0 Å². The molecule has 1 amide bonds. The Balaban J connectivity index is 1.71. The van der Waals surface area contributed by atoms with E-state index in [0.29, 0.717) is 32.2 Å². The second kappa shape index (κ2) is 7.31. The fourth-order valence-corrected chi connectivity index (χ4v) is 2.66. The maximum Gasteiger partial charge on any atom is 0.291 e. The van der Waals surface area contributed by atoms with Crippen LogP contribution in [0.1, 0.15) is 21.9 Å². The van der Waals surface area contributed by atoms with Gasteiger partial charge in [0.25, 0.3) is 5.91 Å². The summed E-state index contributed by atoms with van der Waals surface area (Å²) >= 11 is 18.1.